The second kappa shape index (κ2) is 9.43. The molecule has 3 aromatic rings. The lowest BCUT2D eigenvalue weighted by Gasteiger charge is -2.12. The number of benzene rings is 1. The van der Waals surface area contributed by atoms with Crippen molar-refractivity contribution < 1.29 is 18.3 Å². The highest BCUT2D eigenvalue weighted by Crippen LogP contribution is 2.28. The predicted octanol–water partition coefficient (Wildman–Crippen LogP) is 2.53. The Morgan fingerprint density at radius 2 is 1.93 bits per heavy atom. The number of thiazole rings is 1. The zero-order chi connectivity index (χ0) is 21.7. The monoisotopic (exact) mass is 446 g/mol. The molecule has 3 rings (SSSR count). The first-order valence-electron chi connectivity index (χ1n) is 9.22. The molecule has 0 saturated heterocycles. The Morgan fingerprint density at radius 3 is 2.57 bits per heavy atom. The van der Waals surface area contributed by atoms with Crippen molar-refractivity contribution >= 4 is 32.4 Å². The maximum atomic E-state index is 12.7. The summed E-state index contributed by atoms with van der Waals surface area (Å²) in [5, 5.41) is 11.7. The largest absolute Gasteiger partial charge is 0.395 e. The number of nitrogens with one attached hydrogen (secondary N) is 2. The quantitative estimate of drug-likeness (QED) is 0.489. The lowest BCUT2D eigenvalue weighted by atomic mass is 9.98. The fraction of sp³-hybridized carbons (Fsp3) is 0.250. The summed E-state index contributed by atoms with van der Waals surface area (Å²) >= 11 is 0.874. The lowest BCUT2D eigenvalue weighted by molar-refractivity contribution is -0.117. The summed E-state index contributed by atoms with van der Waals surface area (Å²) in [5.41, 5.74) is 2.90. The van der Waals surface area contributed by atoms with Gasteiger partial charge in [0.15, 0.2) is 9.34 Å². The van der Waals surface area contributed by atoms with E-state index in [1.54, 1.807) is 20.0 Å². The van der Waals surface area contributed by atoms with Gasteiger partial charge in [-0.3, -0.25) is 9.78 Å². The molecule has 0 aliphatic heterocycles. The van der Waals surface area contributed by atoms with Gasteiger partial charge >= 0.3 is 0 Å². The minimum absolute atomic E-state index is 0.0126. The molecular weight excluding hydrogens is 424 g/mol. The molecule has 1 aromatic carbocycles. The third kappa shape index (κ3) is 5.08. The maximum Gasteiger partial charge on any atom is 0.252 e. The number of aliphatic hydroxyl groups excluding tert-OH is 1. The van der Waals surface area contributed by atoms with Gasteiger partial charge < -0.3 is 10.4 Å². The van der Waals surface area contributed by atoms with E-state index in [0.717, 1.165) is 28.2 Å². The minimum atomic E-state index is -3.78. The summed E-state index contributed by atoms with van der Waals surface area (Å²) in [5.74, 6) is -0.749. The molecule has 1 amide bonds. The summed E-state index contributed by atoms with van der Waals surface area (Å²) in [6, 6.07) is 13.2. The van der Waals surface area contributed by atoms with Gasteiger partial charge in [-0.15, -0.1) is 0 Å². The highest BCUT2D eigenvalue weighted by Gasteiger charge is 2.23. The smallest absolute Gasteiger partial charge is 0.252 e. The van der Waals surface area contributed by atoms with Crippen LogP contribution in [0.2, 0.25) is 0 Å². The van der Waals surface area contributed by atoms with Crippen LogP contribution in [0.15, 0.2) is 52.9 Å². The van der Waals surface area contributed by atoms with Crippen molar-refractivity contribution in [3.05, 3.63) is 59.9 Å². The number of aromatic nitrogens is 2. The molecule has 1 atom stereocenters. The van der Waals surface area contributed by atoms with Crippen molar-refractivity contribution in [2.45, 2.75) is 24.0 Å². The van der Waals surface area contributed by atoms with Gasteiger partial charge in [0.05, 0.1) is 23.9 Å². The van der Waals surface area contributed by atoms with Crippen molar-refractivity contribution in [3.63, 3.8) is 0 Å². The molecule has 0 bridgehead atoms. The number of amides is 1. The van der Waals surface area contributed by atoms with E-state index in [0.29, 0.717) is 0 Å². The highest BCUT2D eigenvalue weighted by molar-refractivity contribution is 7.91. The van der Waals surface area contributed by atoms with E-state index in [9.17, 15) is 13.2 Å². The van der Waals surface area contributed by atoms with Gasteiger partial charge in [0.1, 0.15) is 0 Å². The molecular formula is C20H22N4O4S2. The van der Waals surface area contributed by atoms with E-state index in [4.69, 9.17) is 5.11 Å². The van der Waals surface area contributed by atoms with Crippen LogP contribution in [0.3, 0.4) is 0 Å². The van der Waals surface area contributed by atoms with Crippen LogP contribution in [0.1, 0.15) is 24.1 Å². The Morgan fingerprint density at radius 1 is 1.20 bits per heavy atom. The molecule has 2 heterocycles. The van der Waals surface area contributed by atoms with Crippen molar-refractivity contribution in [1.82, 2.24) is 14.7 Å². The zero-order valence-corrected chi connectivity index (χ0v) is 18.1. The van der Waals surface area contributed by atoms with Crippen LogP contribution in [-0.4, -0.2) is 42.6 Å². The van der Waals surface area contributed by atoms with Gasteiger partial charge in [0.25, 0.3) is 10.0 Å². The Balaban J connectivity index is 1.71. The van der Waals surface area contributed by atoms with E-state index in [2.05, 4.69) is 20.0 Å². The summed E-state index contributed by atoms with van der Waals surface area (Å²) in [6.07, 6.45) is 1.73. The van der Waals surface area contributed by atoms with Crippen LogP contribution in [-0.2, 0) is 14.8 Å². The number of sulfonamides is 1. The first-order valence-corrected chi connectivity index (χ1v) is 11.5. The predicted molar refractivity (Wildman–Crippen MR) is 116 cm³/mol. The third-order valence-electron chi connectivity index (χ3n) is 4.40. The highest BCUT2D eigenvalue weighted by atomic mass is 32.2. The molecule has 30 heavy (non-hydrogen) atoms. The van der Waals surface area contributed by atoms with E-state index in [-0.39, 0.29) is 34.1 Å². The molecule has 0 spiro atoms. The number of anilines is 1. The van der Waals surface area contributed by atoms with Crippen LogP contribution in [0.4, 0.5) is 5.13 Å². The second-order valence-corrected chi connectivity index (χ2v) is 9.52. The summed E-state index contributed by atoms with van der Waals surface area (Å²) in [7, 11) is -3.78. The number of pyridine rings is 1. The summed E-state index contributed by atoms with van der Waals surface area (Å²) in [4.78, 5) is 21.1. The Hall–Kier alpha value is -2.66. The number of hydrogen-bond donors (Lipinski definition) is 3. The van der Waals surface area contributed by atoms with Crippen LogP contribution in [0.25, 0.3) is 11.3 Å². The number of aliphatic hydroxyl groups is 1. The molecule has 158 valence electrons. The van der Waals surface area contributed by atoms with Gasteiger partial charge in [-0.25, -0.2) is 18.1 Å². The molecule has 0 fully saturated rings. The molecule has 0 aliphatic rings. The van der Waals surface area contributed by atoms with Gasteiger partial charge in [-0.05, 0) is 31.5 Å². The molecule has 2 aromatic heterocycles. The summed E-state index contributed by atoms with van der Waals surface area (Å²) in [6.45, 7) is 2.93. The maximum absolute atomic E-state index is 12.7. The molecule has 0 aliphatic carbocycles. The number of hydrogen-bond acceptors (Lipinski definition) is 7. The Kier molecular flexibility index (Phi) is 6.93. The van der Waals surface area contributed by atoms with Gasteiger partial charge in [0, 0.05) is 18.3 Å². The van der Waals surface area contributed by atoms with Crippen molar-refractivity contribution in [2.75, 3.05) is 18.5 Å². The van der Waals surface area contributed by atoms with Crippen LogP contribution < -0.4 is 10.0 Å². The normalized spacial score (nSPS) is 12.5. The number of carbonyl (C=O) groups excluding carboxylic acids is 1. The van der Waals surface area contributed by atoms with E-state index in [1.807, 2.05) is 42.5 Å². The van der Waals surface area contributed by atoms with E-state index < -0.39 is 15.9 Å². The first kappa shape index (κ1) is 22.0. The van der Waals surface area contributed by atoms with Gasteiger partial charge in [-0.2, -0.15) is 0 Å². The van der Waals surface area contributed by atoms with E-state index >= 15 is 0 Å². The molecule has 1 unspecified atom stereocenters. The number of aryl methyl sites for hydroxylation is 1. The van der Waals surface area contributed by atoms with Gasteiger partial charge in [-0.1, -0.05) is 41.7 Å². The second-order valence-electron chi connectivity index (χ2n) is 6.56. The topological polar surface area (TPSA) is 121 Å². The van der Waals surface area contributed by atoms with E-state index in [1.165, 1.54) is 0 Å². The van der Waals surface area contributed by atoms with Crippen molar-refractivity contribution in [3.8, 4) is 11.3 Å². The zero-order valence-electron chi connectivity index (χ0n) is 16.5. The average Bonchev–Trinajstić information content (AvgIpc) is 3.13. The Bertz CT molecular complexity index is 1110. The van der Waals surface area contributed by atoms with Crippen LogP contribution >= 0.6 is 11.3 Å². The van der Waals surface area contributed by atoms with Gasteiger partial charge in [0.2, 0.25) is 5.91 Å². The fourth-order valence-corrected chi connectivity index (χ4v) is 5.25. The number of carbonyl (C=O) groups is 1. The summed E-state index contributed by atoms with van der Waals surface area (Å²) < 4.78 is 26.8. The van der Waals surface area contributed by atoms with Crippen molar-refractivity contribution in [2.24, 2.45) is 0 Å². The molecule has 3 N–H and O–H groups in total. The average molecular weight is 447 g/mol. The van der Waals surface area contributed by atoms with Crippen LogP contribution in [0, 0.1) is 6.92 Å². The third-order valence-corrected chi connectivity index (χ3v) is 7.54. The first-order chi connectivity index (χ1) is 14.3. The molecule has 0 saturated carbocycles. The fourth-order valence-electron chi connectivity index (χ4n) is 2.77. The minimum Gasteiger partial charge on any atom is -0.395 e. The number of nitrogens with zero attached hydrogens (tertiary/aromatic N) is 2. The molecule has 10 heteroatoms. The van der Waals surface area contributed by atoms with Crippen molar-refractivity contribution in [1.29, 1.82) is 0 Å². The standard InChI is InChI=1S/C20H22N4O4S2/c1-13(15-6-8-16(9-7-15)17-5-3-4-10-21-17)18(26)24-20-23-14(2)19(29-20)30(27,28)22-11-12-25/h3-10,13,22,25H,11-12H2,1-2H3,(H,23,24,26). The Labute approximate surface area is 179 Å². The molecule has 0 radical (unpaired) electrons. The molecule has 8 nitrogen and oxygen atoms in total. The number of rotatable bonds is 8. The lowest BCUT2D eigenvalue weighted by Crippen LogP contribution is -2.26. The van der Waals surface area contributed by atoms with Crippen LogP contribution in [0.5, 0.6) is 0 Å². The SMILES string of the molecule is Cc1nc(NC(=O)C(C)c2ccc(-c3ccccn3)cc2)sc1S(=O)(=O)NCCO.